The molecule has 1 saturated heterocycles. The van der Waals surface area contributed by atoms with E-state index in [1.54, 1.807) is 11.8 Å². The summed E-state index contributed by atoms with van der Waals surface area (Å²) in [4.78, 5) is 25.3. The van der Waals surface area contributed by atoms with Gasteiger partial charge in [-0.05, 0) is 26.2 Å². The van der Waals surface area contributed by atoms with Gasteiger partial charge in [-0.2, -0.15) is 0 Å². The Morgan fingerprint density at radius 1 is 1.28 bits per heavy atom. The largest absolute Gasteiger partial charge is 0.464 e. The van der Waals surface area contributed by atoms with Gasteiger partial charge < -0.3 is 14.4 Å². The van der Waals surface area contributed by atoms with Crippen LogP contribution in [-0.2, 0) is 19.1 Å². The molecule has 5 heteroatoms. The third-order valence-electron chi connectivity index (χ3n) is 2.94. The Kier molecular flexibility index (Phi) is 6.72. The van der Waals surface area contributed by atoms with Crippen LogP contribution in [0.2, 0.25) is 0 Å². The van der Waals surface area contributed by atoms with Gasteiger partial charge in [0.05, 0.1) is 19.6 Å². The van der Waals surface area contributed by atoms with E-state index in [4.69, 9.17) is 9.47 Å². The zero-order valence-electron chi connectivity index (χ0n) is 11.3. The fourth-order valence-electron chi connectivity index (χ4n) is 2.10. The van der Waals surface area contributed by atoms with Crippen molar-refractivity contribution in [3.63, 3.8) is 0 Å². The molecule has 18 heavy (non-hydrogen) atoms. The van der Waals surface area contributed by atoms with Gasteiger partial charge in [-0.25, -0.2) is 4.79 Å². The van der Waals surface area contributed by atoms with Gasteiger partial charge in [0.1, 0.15) is 6.04 Å². The van der Waals surface area contributed by atoms with Gasteiger partial charge in [-0.15, -0.1) is 0 Å². The fraction of sp³-hybridized carbons (Fsp3) is 0.846. The molecule has 0 N–H and O–H groups in total. The van der Waals surface area contributed by atoms with Gasteiger partial charge in [-0.3, -0.25) is 4.79 Å². The molecule has 5 nitrogen and oxygen atoms in total. The minimum absolute atomic E-state index is 0.0124. The number of hydrogen-bond donors (Lipinski definition) is 0. The van der Waals surface area contributed by atoms with Crippen LogP contribution in [0.4, 0.5) is 0 Å². The highest BCUT2D eigenvalue weighted by atomic mass is 16.5. The summed E-state index contributed by atoms with van der Waals surface area (Å²) in [6, 6.07) is -0.386. The van der Waals surface area contributed by atoms with Crippen molar-refractivity contribution < 1.29 is 19.1 Å². The maximum atomic E-state index is 12.0. The van der Waals surface area contributed by atoms with Gasteiger partial charge >= 0.3 is 5.97 Å². The summed E-state index contributed by atoms with van der Waals surface area (Å²) in [6.45, 7) is 5.91. The molecular formula is C13H23NO4. The Bertz CT molecular complexity index is 280. The van der Waals surface area contributed by atoms with E-state index in [9.17, 15) is 9.59 Å². The lowest BCUT2D eigenvalue weighted by Gasteiger charge is -2.23. The van der Waals surface area contributed by atoms with E-state index < -0.39 is 0 Å². The van der Waals surface area contributed by atoms with Gasteiger partial charge in [0.25, 0.3) is 0 Å². The third kappa shape index (κ3) is 4.29. The maximum Gasteiger partial charge on any atom is 0.328 e. The van der Waals surface area contributed by atoms with Crippen molar-refractivity contribution in [2.45, 2.75) is 45.6 Å². The van der Waals surface area contributed by atoms with Crippen molar-refractivity contribution in [1.29, 1.82) is 0 Å². The van der Waals surface area contributed by atoms with Gasteiger partial charge in [0.2, 0.25) is 5.91 Å². The molecule has 0 aliphatic carbocycles. The molecule has 1 heterocycles. The summed E-state index contributed by atoms with van der Waals surface area (Å²) < 4.78 is 10.3. The Balaban J connectivity index is 2.38. The number of carbonyl (C=O) groups is 2. The predicted molar refractivity (Wildman–Crippen MR) is 67.1 cm³/mol. The Hall–Kier alpha value is -1.10. The quantitative estimate of drug-likeness (QED) is 0.510. The molecular weight excluding hydrogens is 234 g/mol. The molecule has 104 valence electrons. The Labute approximate surface area is 108 Å². The molecule has 1 aliphatic heterocycles. The SMILES string of the molecule is CCCOCCC(=O)N1CCCC1C(=O)OCC. The van der Waals surface area contributed by atoms with E-state index in [2.05, 4.69) is 0 Å². The standard InChI is InChI=1S/C13H23NO4/c1-3-9-17-10-7-12(15)14-8-5-6-11(14)13(16)18-4-2/h11H,3-10H2,1-2H3. The first kappa shape index (κ1) is 15.0. The van der Waals surface area contributed by atoms with E-state index in [1.165, 1.54) is 0 Å². The summed E-state index contributed by atoms with van der Waals surface area (Å²) in [5, 5.41) is 0. The van der Waals surface area contributed by atoms with E-state index >= 15 is 0 Å². The monoisotopic (exact) mass is 257 g/mol. The van der Waals surface area contributed by atoms with Crippen LogP contribution in [0.5, 0.6) is 0 Å². The average Bonchev–Trinajstić information content (AvgIpc) is 2.84. The number of nitrogens with zero attached hydrogens (tertiary/aromatic N) is 1. The Morgan fingerprint density at radius 2 is 2.06 bits per heavy atom. The van der Waals surface area contributed by atoms with Crippen molar-refractivity contribution in [3.05, 3.63) is 0 Å². The summed E-state index contributed by atoms with van der Waals surface area (Å²) >= 11 is 0. The lowest BCUT2D eigenvalue weighted by molar-refractivity contribution is -0.153. The summed E-state index contributed by atoms with van der Waals surface area (Å²) in [5.41, 5.74) is 0. The molecule has 1 atom stereocenters. The van der Waals surface area contributed by atoms with Crippen molar-refractivity contribution >= 4 is 11.9 Å². The number of ether oxygens (including phenoxy) is 2. The summed E-state index contributed by atoms with van der Waals surface area (Å²) in [5.74, 6) is -0.292. The van der Waals surface area contributed by atoms with Crippen LogP contribution in [0.3, 0.4) is 0 Å². The molecule has 1 fully saturated rings. The number of hydrogen-bond acceptors (Lipinski definition) is 4. The molecule has 0 aromatic heterocycles. The predicted octanol–water partition coefficient (Wildman–Crippen LogP) is 1.36. The molecule has 0 aromatic carbocycles. The number of amides is 1. The van der Waals surface area contributed by atoms with Crippen LogP contribution < -0.4 is 0 Å². The molecule has 1 unspecified atom stereocenters. The minimum Gasteiger partial charge on any atom is -0.464 e. The van der Waals surface area contributed by atoms with Crippen molar-refractivity contribution in [3.8, 4) is 0 Å². The van der Waals surface area contributed by atoms with Gasteiger partial charge in [0.15, 0.2) is 0 Å². The number of rotatable bonds is 7. The average molecular weight is 257 g/mol. The topological polar surface area (TPSA) is 55.8 Å². The second kappa shape index (κ2) is 8.08. The number of esters is 1. The van der Waals surface area contributed by atoms with Crippen molar-refractivity contribution in [2.75, 3.05) is 26.4 Å². The lowest BCUT2D eigenvalue weighted by atomic mass is 10.2. The van der Waals surface area contributed by atoms with E-state index in [0.717, 1.165) is 12.8 Å². The van der Waals surface area contributed by atoms with Crippen LogP contribution >= 0.6 is 0 Å². The van der Waals surface area contributed by atoms with E-state index in [0.29, 0.717) is 39.2 Å². The van der Waals surface area contributed by atoms with Crippen LogP contribution in [-0.4, -0.2) is 49.2 Å². The first-order chi connectivity index (χ1) is 8.70. The van der Waals surface area contributed by atoms with Crippen LogP contribution in [0.25, 0.3) is 0 Å². The molecule has 1 rings (SSSR count). The molecule has 1 aliphatic rings. The van der Waals surface area contributed by atoms with Gasteiger partial charge in [0, 0.05) is 13.2 Å². The second-order valence-corrected chi connectivity index (χ2v) is 4.36. The number of likely N-dealkylation sites (tertiary alicyclic amines) is 1. The fourth-order valence-corrected chi connectivity index (χ4v) is 2.10. The van der Waals surface area contributed by atoms with Crippen LogP contribution in [0.1, 0.15) is 39.5 Å². The van der Waals surface area contributed by atoms with Crippen molar-refractivity contribution in [1.82, 2.24) is 4.90 Å². The minimum atomic E-state index is -0.386. The van der Waals surface area contributed by atoms with E-state index in [1.807, 2.05) is 6.92 Å². The first-order valence-corrected chi connectivity index (χ1v) is 6.74. The number of carbonyl (C=O) groups excluding carboxylic acids is 2. The normalized spacial score (nSPS) is 19.0. The van der Waals surface area contributed by atoms with Crippen molar-refractivity contribution in [2.24, 2.45) is 0 Å². The smallest absolute Gasteiger partial charge is 0.328 e. The molecule has 0 aromatic rings. The lowest BCUT2D eigenvalue weighted by Crippen LogP contribution is -2.41. The Morgan fingerprint density at radius 3 is 2.72 bits per heavy atom. The molecule has 0 spiro atoms. The maximum absolute atomic E-state index is 12.0. The highest BCUT2D eigenvalue weighted by molar-refractivity contribution is 5.85. The highest BCUT2D eigenvalue weighted by Gasteiger charge is 2.34. The zero-order valence-corrected chi connectivity index (χ0v) is 11.3. The van der Waals surface area contributed by atoms with E-state index in [-0.39, 0.29) is 17.9 Å². The summed E-state index contributed by atoms with van der Waals surface area (Å²) in [7, 11) is 0. The molecule has 0 saturated carbocycles. The molecule has 0 radical (unpaired) electrons. The first-order valence-electron chi connectivity index (χ1n) is 6.74. The molecule has 1 amide bonds. The second-order valence-electron chi connectivity index (χ2n) is 4.36. The van der Waals surface area contributed by atoms with Crippen LogP contribution in [0.15, 0.2) is 0 Å². The highest BCUT2D eigenvalue weighted by Crippen LogP contribution is 2.19. The summed E-state index contributed by atoms with van der Waals surface area (Å²) in [6.07, 6.45) is 2.87. The van der Waals surface area contributed by atoms with Gasteiger partial charge in [-0.1, -0.05) is 6.92 Å². The molecule has 0 bridgehead atoms. The third-order valence-corrected chi connectivity index (χ3v) is 2.94. The zero-order chi connectivity index (χ0) is 13.4. The van der Waals surface area contributed by atoms with Crippen LogP contribution in [0, 0.1) is 0 Å².